The van der Waals surface area contributed by atoms with Gasteiger partial charge in [0.05, 0.1) is 21.1 Å². The van der Waals surface area contributed by atoms with Crippen molar-refractivity contribution < 1.29 is 4.79 Å². The van der Waals surface area contributed by atoms with Gasteiger partial charge in [0.25, 0.3) is 0 Å². The van der Waals surface area contributed by atoms with Crippen LogP contribution in [0, 0.1) is 0 Å². The summed E-state index contributed by atoms with van der Waals surface area (Å²) in [7, 11) is 0. The molecule has 4 rings (SSSR count). The minimum absolute atomic E-state index is 0.00492. The molecular formula is C20H20N2OS. The standard InChI is InChI=1S/C20H20N2OS/c23-20(16-9-5-7-14-6-1-2-8-15(14)16)21-13-12-19-22-17-10-3-4-11-18(17)24-19/h1-4,6,8,10-11,16H,5,7,9,12-13H2,(H,21,23). The molecule has 24 heavy (non-hydrogen) atoms. The SMILES string of the molecule is O=C(NCCc1nc2ccccc2s1)C1CCCc2ccccc21. The Morgan fingerprint density at radius 1 is 1.17 bits per heavy atom. The number of aromatic nitrogens is 1. The maximum Gasteiger partial charge on any atom is 0.227 e. The van der Waals surface area contributed by atoms with Gasteiger partial charge < -0.3 is 5.32 Å². The Labute approximate surface area is 145 Å². The van der Waals surface area contributed by atoms with E-state index in [1.54, 1.807) is 11.3 Å². The van der Waals surface area contributed by atoms with Crippen molar-refractivity contribution in [2.75, 3.05) is 6.54 Å². The fourth-order valence-corrected chi connectivity index (χ4v) is 4.44. The van der Waals surface area contributed by atoms with E-state index in [1.807, 2.05) is 24.3 Å². The fraction of sp³-hybridized carbons (Fsp3) is 0.300. The van der Waals surface area contributed by atoms with Crippen LogP contribution in [0.2, 0.25) is 0 Å². The van der Waals surface area contributed by atoms with Crippen molar-refractivity contribution in [3.8, 4) is 0 Å². The summed E-state index contributed by atoms with van der Waals surface area (Å²) < 4.78 is 1.21. The van der Waals surface area contributed by atoms with E-state index in [-0.39, 0.29) is 11.8 Å². The zero-order valence-corrected chi connectivity index (χ0v) is 14.3. The zero-order chi connectivity index (χ0) is 16.4. The van der Waals surface area contributed by atoms with E-state index in [0.717, 1.165) is 36.2 Å². The molecule has 1 amide bonds. The van der Waals surface area contributed by atoms with Crippen LogP contribution >= 0.6 is 11.3 Å². The van der Waals surface area contributed by atoms with Crippen molar-refractivity contribution in [2.24, 2.45) is 0 Å². The molecule has 1 aliphatic carbocycles. The molecule has 3 nitrogen and oxygen atoms in total. The number of nitrogens with zero attached hydrogens (tertiary/aromatic N) is 1. The summed E-state index contributed by atoms with van der Waals surface area (Å²) in [6, 6.07) is 16.5. The van der Waals surface area contributed by atoms with E-state index in [9.17, 15) is 4.79 Å². The summed E-state index contributed by atoms with van der Waals surface area (Å²) in [4.78, 5) is 17.2. The van der Waals surface area contributed by atoms with Gasteiger partial charge in [-0.2, -0.15) is 0 Å². The number of aryl methyl sites for hydroxylation is 1. The number of fused-ring (bicyclic) bond motifs is 2. The van der Waals surface area contributed by atoms with Gasteiger partial charge in [0.15, 0.2) is 0 Å². The number of hydrogen-bond donors (Lipinski definition) is 1. The topological polar surface area (TPSA) is 42.0 Å². The Balaban J connectivity index is 1.39. The monoisotopic (exact) mass is 336 g/mol. The molecule has 0 saturated carbocycles. The zero-order valence-electron chi connectivity index (χ0n) is 13.5. The summed E-state index contributed by atoms with van der Waals surface area (Å²) >= 11 is 1.71. The minimum Gasteiger partial charge on any atom is -0.355 e. The second kappa shape index (κ2) is 6.73. The fourth-order valence-electron chi connectivity index (χ4n) is 3.47. The average molecular weight is 336 g/mol. The van der Waals surface area contributed by atoms with E-state index >= 15 is 0 Å². The number of rotatable bonds is 4. The Hall–Kier alpha value is -2.20. The Morgan fingerprint density at radius 2 is 2.00 bits per heavy atom. The van der Waals surface area contributed by atoms with Crippen molar-refractivity contribution in [3.05, 3.63) is 64.7 Å². The summed E-state index contributed by atoms with van der Waals surface area (Å²) in [5.74, 6) is 0.161. The number of hydrogen-bond acceptors (Lipinski definition) is 3. The van der Waals surface area contributed by atoms with Crippen molar-refractivity contribution in [2.45, 2.75) is 31.6 Å². The van der Waals surface area contributed by atoms with Gasteiger partial charge >= 0.3 is 0 Å². The third kappa shape index (κ3) is 3.06. The van der Waals surface area contributed by atoms with Crippen LogP contribution < -0.4 is 5.32 Å². The lowest BCUT2D eigenvalue weighted by Crippen LogP contribution is -2.32. The first-order valence-corrected chi connectivity index (χ1v) is 9.33. The lowest BCUT2D eigenvalue weighted by molar-refractivity contribution is -0.122. The highest BCUT2D eigenvalue weighted by molar-refractivity contribution is 7.18. The van der Waals surface area contributed by atoms with Crippen molar-refractivity contribution in [1.82, 2.24) is 10.3 Å². The van der Waals surface area contributed by atoms with Gasteiger partial charge in [0.1, 0.15) is 0 Å². The van der Waals surface area contributed by atoms with Gasteiger partial charge in [-0.05, 0) is 42.5 Å². The van der Waals surface area contributed by atoms with Crippen LogP contribution in [0.1, 0.15) is 34.9 Å². The summed E-state index contributed by atoms with van der Waals surface area (Å²) in [5, 5.41) is 4.20. The number of benzene rings is 2. The predicted octanol–water partition coefficient (Wildman–Crippen LogP) is 4.08. The van der Waals surface area contributed by atoms with Crippen LogP contribution in [0.25, 0.3) is 10.2 Å². The number of carbonyl (C=O) groups is 1. The first-order chi connectivity index (χ1) is 11.8. The van der Waals surface area contributed by atoms with Crippen LogP contribution in [-0.4, -0.2) is 17.4 Å². The molecule has 3 aromatic rings. The largest absolute Gasteiger partial charge is 0.355 e. The highest BCUT2D eigenvalue weighted by Crippen LogP contribution is 2.31. The molecule has 2 aromatic carbocycles. The van der Waals surface area contributed by atoms with E-state index < -0.39 is 0 Å². The van der Waals surface area contributed by atoms with Crippen LogP contribution in [-0.2, 0) is 17.6 Å². The number of amides is 1. The molecule has 0 saturated heterocycles. The van der Waals surface area contributed by atoms with E-state index in [2.05, 4.69) is 34.6 Å². The Bertz CT molecular complexity index is 838. The van der Waals surface area contributed by atoms with Crippen molar-refractivity contribution >= 4 is 27.5 Å². The molecule has 1 aromatic heterocycles. The first kappa shape index (κ1) is 15.3. The quantitative estimate of drug-likeness (QED) is 0.780. The normalized spacial score (nSPS) is 16.8. The van der Waals surface area contributed by atoms with Gasteiger partial charge in [-0.15, -0.1) is 11.3 Å². The van der Waals surface area contributed by atoms with E-state index in [1.165, 1.54) is 15.8 Å². The number of carbonyl (C=O) groups excluding carboxylic acids is 1. The molecule has 1 N–H and O–H groups in total. The van der Waals surface area contributed by atoms with Crippen molar-refractivity contribution in [1.29, 1.82) is 0 Å². The summed E-state index contributed by atoms with van der Waals surface area (Å²) in [6.07, 6.45) is 3.92. The molecule has 0 aliphatic heterocycles. The molecule has 0 fully saturated rings. The number of para-hydroxylation sites is 1. The van der Waals surface area contributed by atoms with Gasteiger partial charge in [-0.3, -0.25) is 4.79 Å². The third-order valence-corrected chi connectivity index (χ3v) is 5.76. The van der Waals surface area contributed by atoms with Gasteiger partial charge in [-0.1, -0.05) is 36.4 Å². The lowest BCUT2D eigenvalue weighted by Gasteiger charge is -2.24. The van der Waals surface area contributed by atoms with Gasteiger partial charge in [-0.25, -0.2) is 4.98 Å². The first-order valence-electron chi connectivity index (χ1n) is 8.51. The van der Waals surface area contributed by atoms with E-state index in [0.29, 0.717) is 6.54 Å². The molecule has 122 valence electrons. The third-order valence-electron chi connectivity index (χ3n) is 4.66. The number of thiazole rings is 1. The van der Waals surface area contributed by atoms with Crippen LogP contribution in [0.15, 0.2) is 48.5 Å². The van der Waals surface area contributed by atoms with Crippen molar-refractivity contribution in [3.63, 3.8) is 0 Å². The van der Waals surface area contributed by atoms with Gasteiger partial charge in [0, 0.05) is 13.0 Å². The Kier molecular flexibility index (Phi) is 4.30. The molecular weight excluding hydrogens is 316 g/mol. The summed E-state index contributed by atoms with van der Waals surface area (Å²) in [6.45, 7) is 0.650. The predicted molar refractivity (Wildman–Crippen MR) is 98.5 cm³/mol. The second-order valence-corrected chi connectivity index (χ2v) is 7.38. The molecule has 1 atom stereocenters. The molecule has 1 heterocycles. The minimum atomic E-state index is 0.00492. The Morgan fingerprint density at radius 3 is 2.92 bits per heavy atom. The van der Waals surface area contributed by atoms with Crippen LogP contribution in [0.3, 0.4) is 0 Å². The van der Waals surface area contributed by atoms with Gasteiger partial charge in [0.2, 0.25) is 5.91 Å². The molecule has 1 aliphatic rings. The molecule has 0 spiro atoms. The van der Waals surface area contributed by atoms with E-state index in [4.69, 9.17) is 0 Å². The highest BCUT2D eigenvalue weighted by Gasteiger charge is 2.25. The smallest absolute Gasteiger partial charge is 0.227 e. The maximum absolute atomic E-state index is 12.6. The molecule has 0 radical (unpaired) electrons. The van der Waals surface area contributed by atoms with Crippen LogP contribution in [0.4, 0.5) is 0 Å². The molecule has 4 heteroatoms. The summed E-state index contributed by atoms with van der Waals surface area (Å²) in [5.41, 5.74) is 3.58. The number of nitrogens with one attached hydrogen (secondary N) is 1. The van der Waals surface area contributed by atoms with Crippen LogP contribution in [0.5, 0.6) is 0 Å². The maximum atomic E-state index is 12.6. The highest BCUT2D eigenvalue weighted by atomic mass is 32.1. The molecule has 0 bridgehead atoms. The lowest BCUT2D eigenvalue weighted by atomic mass is 9.82. The molecule has 1 unspecified atom stereocenters. The second-order valence-electron chi connectivity index (χ2n) is 6.26. The average Bonchev–Trinajstić information content (AvgIpc) is 3.04.